The second-order valence-electron chi connectivity index (χ2n) is 12.6. The fourth-order valence-corrected chi connectivity index (χ4v) is 7.53. The molecule has 0 aliphatic rings. The van der Waals surface area contributed by atoms with E-state index < -0.39 is 11.9 Å². The van der Waals surface area contributed by atoms with E-state index in [4.69, 9.17) is 0 Å². The molecule has 51 heavy (non-hydrogen) atoms. The van der Waals surface area contributed by atoms with Gasteiger partial charge in [0.15, 0.2) is 0 Å². The maximum absolute atomic E-state index is 12.7. The SMILES string of the molecule is CCc1c(Cc2[nH]c(C(=O)O)c(-c3ccccc3)c2-c2ccccc2)[nH]c(Cc2[nH]c(C(=O)O)c(-c3ccccc3)c2-c2ccccc2)c1CC. The van der Waals surface area contributed by atoms with Gasteiger partial charge in [-0.1, -0.05) is 135 Å². The van der Waals surface area contributed by atoms with Crippen LogP contribution in [0.5, 0.6) is 0 Å². The van der Waals surface area contributed by atoms with Gasteiger partial charge in [-0.3, -0.25) is 0 Å². The molecule has 4 aromatic carbocycles. The Morgan fingerprint density at radius 1 is 0.431 bits per heavy atom. The number of aromatic amines is 3. The Morgan fingerprint density at radius 3 is 1.00 bits per heavy atom. The molecule has 0 fully saturated rings. The molecule has 7 aromatic rings. The quantitative estimate of drug-likeness (QED) is 0.0886. The lowest BCUT2D eigenvalue weighted by atomic mass is 9.92. The summed E-state index contributed by atoms with van der Waals surface area (Å²) >= 11 is 0. The highest BCUT2D eigenvalue weighted by Gasteiger charge is 2.28. The molecule has 0 saturated carbocycles. The molecule has 254 valence electrons. The van der Waals surface area contributed by atoms with Gasteiger partial charge in [0, 0.05) is 57.9 Å². The van der Waals surface area contributed by atoms with Crippen LogP contribution in [0.1, 0.15) is 68.7 Å². The average Bonchev–Trinajstić information content (AvgIpc) is 3.84. The molecule has 0 spiro atoms. The summed E-state index contributed by atoms with van der Waals surface area (Å²) in [5, 5.41) is 20.8. The number of H-pyrrole nitrogens is 3. The van der Waals surface area contributed by atoms with E-state index in [1.807, 2.05) is 121 Å². The lowest BCUT2D eigenvalue weighted by Crippen LogP contribution is -2.00. The van der Waals surface area contributed by atoms with Crippen LogP contribution in [-0.2, 0) is 25.7 Å². The van der Waals surface area contributed by atoms with Crippen LogP contribution in [0.4, 0.5) is 0 Å². The Balaban J connectivity index is 1.39. The Kier molecular flexibility index (Phi) is 9.27. The predicted octanol–water partition coefficient (Wildman–Crippen LogP) is 10.0. The van der Waals surface area contributed by atoms with Crippen molar-refractivity contribution in [1.82, 2.24) is 15.0 Å². The molecule has 3 heterocycles. The fraction of sp³-hybridized carbons (Fsp3) is 0.136. The molecular weight excluding hydrogens is 635 g/mol. The number of hydrogen-bond donors (Lipinski definition) is 5. The van der Waals surface area contributed by atoms with Crippen LogP contribution in [0.2, 0.25) is 0 Å². The molecule has 0 aliphatic carbocycles. The minimum absolute atomic E-state index is 0.157. The second-order valence-corrected chi connectivity index (χ2v) is 12.6. The van der Waals surface area contributed by atoms with Gasteiger partial charge in [0.25, 0.3) is 0 Å². The van der Waals surface area contributed by atoms with E-state index in [-0.39, 0.29) is 11.4 Å². The lowest BCUT2D eigenvalue weighted by molar-refractivity contribution is 0.0681. The fourth-order valence-electron chi connectivity index (χ4n) is 7.53. The summed E-state index contributed by atoms with van der Waals surface area (Å²) < 4.78 is 0. The number of rotatable bonds is 12. The van der Waals surface area contributed by atoms with Crippen molar-refractivity contribution in [2.24, 2.45) is 0 Å². The molecule has 0 radical (unpaired) electrons. The van der Waals surface area contributed by atoms with Crippen molar-refractivity contribution in [3.63, 3.8) is 0 Å². The Morgan fingerprint density at radius 2 is 0.725 bits per heavy atom. The number of aromatic nitrogens is 3. The van der Waals surface area contributed by atoms with E-state index in [1.165, 1.54) is 11.1 Å². The normalized spacial score (nSPS) is 11.2. The summed E-state index contributed by atoms with van der Waals surface area (Å²) in [5.41, 5.74) is 12.9. The van der Waals surface area contributed by atoms with Gasteiger partial charge in [-0.15, -0.1) is 0 Å². The summed E-state index contributed by atoms with van der Waals surface area (Å²) in [5.74, 6) is -2.03. The van der Waals surface area contributed by atoms with Crippen molar-refractivity contribution >= 4 is 11.9 Å². The number of nitrogens with one attached hydrogen (secondary N) is 3. The minimum atomic E-state index is -1.02. The first-order valence-corrected chi connectivity index (χ1v) is 17.3. The van der Waals surface area contributed by atoms with Crippen LogP contribution in [-0.4, -0.2) is 37.1 Å². The van der Waals surface area contributed by atoms with Crippen molar-refractivity contribution in [3.8, 4) is 44.5 Å². The van der Waals surface area contributed by atoms with Crippen molar-refractivity contribution in [1.29, 1.82) is 0 Å². The van der Waals surface area contributed by atoms with Crippen molar-refractivity contribution in [2.75, 3.05) is 0 Å². The van der Waals surface area contributed by atoms with Gasteiger partial charge in [0.1, 0.15) is 11.4 Å². The summed E-state index contributed by atoms with van der Waals surface area (Å²) in [6.45, 7) is 4.28. The molecule has 0 aliphatic heterocycles. The van der Waals surface area contributed by atoms with Gasteiger partial charge in [-0.2, -0.15) is 0 Å². The number of carbonyl (C=O) groups is 2. The third kappa shape index (κ3) is 6.30. The Hall–Kier alpha value is -6.34. The van der Waals surface area contributed by atoms with E-state index in [0.29, 0.717) is 24.0 Å². The zero-order valence-corrected chi connectivity index (χ0v) is 28.6. The zero-order chi connectivity index (χ0) is 35.5. The summed E-state index contributed by atoms with van der Waals surface area (Å²) in [4.78, 5) is 35.9. The molecular formula is C44H39N3O4. The maximum atomic E-state index is 12.7. The first-order valence-electron chi connectivity index (χ1n) is 17.3. The van der Waals surface area contributed by atoms with Gasteiger partial charge in [0.05, 0.1) is 0 Å². The van der Waals surface area contributed by atoms with E-state index in [1.54, 1.807) is 0 Å². The van der Waals surface area contributed by atoms with E-state index in [2.05, 4.69) is 28.8 Å². The van der Waals surface area contributed by atoms with E-state index >= 15 is 0 Å². The van der Waals surface area contributed by atoms with Gasteiger partial charge >= 0.3 is 11.9 Å². The molecule has 0 saturated heterocycles. The van der Waals surface area contributed by atoms with Crippen LogP contribution in [0.25, 0.3) is 44.5 Å². The second kappa shape index (κ2) is 14.3. The van der Waals surface area contributed by atoms with Gasteiger partial charge < -0.3 is 25.2 Å². The lowest BCUT2D eigenvalue weighted by Gasteiger charge is -2.10. The third-order valence-corrected chi connectivity index (χ3v) is 9.64. The minimum Gasteiger partial charge on any atom is -0.477 e. The maximum Gasteiger partial charge on any atom is 0.352 e. The zero-order valence-electron chi connectivity index (χ0n) is 28.6. The van der Waals surface area contributed by atoms with Crippen LogP contribution >= 0.6 is 0 Å². The number of benzene rings is 4. The van der Waals surface area contributed by atoms with Crippen LogP contribution in [0.3, 0.4) is 0 Å². The number of carboxylic acids is 2. The Labute approximate surface area is 296 Å². The third-order valence-electron chi connectivity index (χ3n) is 9.64. The molecule has 0 amide bonds. The summed E-state index contributed by atoms with van der Waals surface area (Å²) in [6.07, 6.45) is 2.47. The van der Waals surface area contributed by atoms with Gasteiger partial charge in [-0.05, 0) is 46.2 Å². The standard InChI is InChI=1S/C44H39N3O4/c1-3-31-32(4-2)34(26-36-38(28-19-11-6-12-20-28)40(42(47-36)44(50)51)30-23-15-8-16-24-30)45-33(31)25-35-37(27-17-9-5-10-18-27)39(41(46-35)43(48)49)29-21-13-7-14-22-29/h5-24,45-47H,3-4,25-26H2,1-2H3,(H,48,49)(H,50,51). The highest BCUT2D eigenvalue weighted by molar-refractivity contribution is 6.02. The van der Waals surface area contributed by atoms with Gasteiger partial charge in [-0.25, -0.2) is 9.59 Å². The smallest absolute Gasteiger partial charge is 0.352 e. The molecule has 7 heteroatoms. The summed E-state index contributed by atoms with van der Waals surface area (Å²) in [6, 6.07) is 39.2. The molecule has 0 unspecified atom stereocenters. The highest BCUT2D eigenvalue weighted by atomic mass is 16.4. The molecule has 0 atom stereocenters. The largest absolute Gasteiger partial charge is 0.477 e. The van der Waals surface area contributed by atoms with Crippen LogP contribution < -0.4 is 0 Å². The average molecular weight is 674 g/mol. The van der Waals surface area contributed by atoms with Crippen molar-refractivity contribution < 1.29 is 19.8 Å². The molecule has 5 N–H and O–H groups in total. The van der Waals surface area contributed by atoms with Crippen molar-refractivity contribution in [3.05, 3.63) is 167 Å². The first-order chi connectivity index (χ1) is 24.9. The Bertz CT molecular complexity index is 2150. The van der Waals surface area contributed by atoms with Crippen molar-refractivity contribution in [2.45, 2.75) is 39.5 Å². The van der Waals surface area contributed by atoms with Crippen LogP contribution in [0, 0.1) is 0 Å². The predicted molar refractivity (Wildman–Crippen MR) is 202 cm³/mol. The monoisotopic (exact) mass is 673 g/mol. The molecule has 3 aromatic heterocycles. The highest BCUT2D eigenvalue weighted by Crippen LogP contribution is 2.42. The number of hydrogen-bond acceptors (Lipinski definition) is 2. The molecule has 0 bridgehead atoms. The number of carboxylic acid groups (broad SMARTS) is 2. The van der Waals surface area contributed by atoms with E-state index in [0.717, 1.165) is 69.0 Å². The molecule has 7 nitrogen and oxygen atoms in total. The first kappa shape index (κ1) is 33.2. The topological polar surface area (TPSA) is 122 Å². The molecule has 7 rings (SSSR count). The summed E-state index contributed by atoms with van der Waals surface area (Å²) in [7, 11) is 0. The van der Waals surface area contributed by atoms with E-state index in [9.17, 15) is 19.8 Å². The van der Waals surface area contributed by atoms with Crippen LogP contribution in [0.15, 0.2) is 121 Å². The number of aromatic carboxylic acids is 2. The van der Waals surface area contributed by atoms with Gasteiger partial charge in [0.2, 0.25) is 0 Å².